The van der Waals surface area contributed by atoms with Crippen molar-refractivity contribution in [3.05, 3.63) is 42.2 Å². The highest BCUT2D eigenvalue weighted by Gasteiger charge is 2.30. The second-order valence-corrected chi connectivity index (χ2v) is 6.57. The SMILES string of the molecule is COc1ccc(-n2ccc(CNC(=O)C3CCCC(C(=O)O)C3)n2)cc1. The third-order valence-corrected chi connectivity index (χ3v) is 4.82. The molecule has 0 aliphatic heterocycles. The zero-order chi connectivity index (χ0) is 18.5. The van der Waals surface area contributed by atoms with Gasteiger partial charge in [-0.1, -0.05) is 6.42 Å². The summed E-state index contributed by atoms with van der Waals surface area (Å²) in [4.78, 5) is 23.5. The van der Waals surface area contributed by atoms with Crippen LogP contribution in [-0.2, 0) is 16.1 Å². The molecule has 26 heavy (non-hydrogen) atoms. The summed E-state index contributed by atoms with van der Waals surface area (Å²) in [6.07, 6.45) is 4.44. The highest BCUT2D eigenvalue weighted by molar-refractivity contribution is 5.80. The molecule has 0 spiro atoms. The number of methoxy groups -OCH3 is 1. The number of hydrogen-bond acceptors (Lipinski definition) is 4. The van der Waals surface area contributed by atoms with Gasteiger partial charge in [0.25, 0.3) is 0 Å². The van der Waals surface area contributed by atoms with Gasteiger partial charge in [-0.3, -0.25) is 9.59 Å². The van der Waals surface area contributed by atoms with Crippen molar-refractivity contribution in [2.75, 3.05) is 7.11 Å². The lowest BCUT2D eigenvalue weighted by molar-refractivity contribution is -0.144. The van der Waals surface area contributed by atoms with Gasteiger partial charge in [0.1, 0.15) is 5.75 Å². The second kappa shape index (κ2) is 8.03. The first kappa shape index (κ1) is 18.0. The Morgan fingerprint density at radius 3 is 2.65 bits per heavy atom. The smallest absolute Gasteiger partial charge is 0.306 e. The average Bonchev–Trinajstić information content (AvgIpc) is 3.15. The van der Waals surface area contributed by atoms with E-state index >= 15 is 0 Å². The number of ether oxygens (including phenoxy) is 1. The lowest BCUT2D eigenvalue weighted by Gasteiger charge is -2.25. The van der Waals surface area contributed by atoms with Crippen LogP contribution in [0.2, 0.25) is 0 Å². The number of benzene rings is 1. The van der Waals surface area contributed by atoms with E-state index in [4.69, 9.17) is 9.84 Å². The molecule has 2 aromatic rings. The van der Waals surface area contributed by atoms with Crippen LogP contribution in [0.4, 0.5) is 0 Å². The van der Waals surface area contributed by atoms with Gasteiger partial charge >= 0.3 is 5.97 Å². The summed E-state index contributed by atoms with van der Waals surface area (Å²) in [5.41, 5.74) is 1.65. The summed E-state index contributed by atoms with van der Waals surface area (Å²) in [5.74, 6) is -0.751. The maximum atomic E-state index is 12.3. The van der Waals surface area contributed by atoms with Crippen molar-refractivity contribution < 1.29 is 19.4 Å². The lowest BCUT2D eigenvalue weighted by Crippen LogP contribution is -2.35. The minimum Gasteiger partial charge on any atom is -0.497 e. The van der Waals surface area contributed by atoms with Crippen LogP contribution in [0.5, 0.6) is 5.75 Å². The van der Waals surface area contributed by atoms with E-state index in [1.165, 1.54) is 0 Å². The molecule has 1 aromatic heterocycles. The van der Waals surface area contributed by atoms with E-state index in [2.05, 4.69) is 10.4 Å². The van der Waals surface area contributed by atoms with Gasteiger partial charge in [0, 0.05) is 12.1 Å². The van der Waals surface area contributed by atoms with Gasteiger partial charge in [-0.15, -0.1) is 0 Å². The lowest BCUT2D eigenvalue weighted by atomic mass is 9.81. The van der Waals surface area contributed by atoms with Crippen LogP contribution in [0.1, 0.15) is 31.4 Å². The van der Waals surface area contributed by atoms with Crippen LogP contribution in [0.15, 0.2) is 36.5 Å². The molecule has 1 amide bonds. The highest BCUT2D eigenvalue weighted by atomic mass is 16.5. The second-order valence-electron chi connectivity index (χ2n) is 6.57. The predicted octanol–water partition coefficient (Wildman–Crippen LogP) is 2.39. The van der Waals surface area contributed by atoms with Crippen molar-refractivity contribution in [2.24, 2.45) is 11.8 Å². The first-order valence-corrected chi connectivity index (χ1v) is 8.76. The largest absolute Gasteiger partial charge is 0.497 e. The highest BCUT2D eigenvalue weighted by Crippen LogP contribution is 2.29. The summed E-state index contributed by atoms with van der Waals surface area (Å²) in [7, 11) is 1.62. The van der Waals surface area contributed by atoms with Crippen molar-refractivity contribution >= 4 is 11.9 Å². The fourth-order valence-electron chi connectivity index (χ4n) is 3.31. The third kappa shape index (κ3) is 4.22. The summed E-state index contributed by atoms with van der Waals surface area (Å²) in [5, 5.41) is 16.5. The summed E-state index contributed by atoms with van der Waals surface area (Å²) >= 11 is 0. The molecule has 7 heteroatoms. The van der Waals surface area contributed by atoms with E-state index in [0.29, 0.717) is 19.4 Å². The maximum Gasteiger partial charge on any atom is 0.306 e. The quantitative estimate of drug-likeness (QED) is 0.828. The molecular weight excluding hydrogens is 334 g/mol. The molecule has 0 saturated heterocycles. The van der Waals surface area contributed by atoms with E-state index in [-0.39, 0.29) is 11.8 Å². The number of nitrogens with one attached hydrogen (secondary N) is 1. The van der Waals surface area contributed by atoms with Crippen molar-refractivity contribution in [1.29, 1.82) is 0 Å². The Morgan fingerprint density at radius 1 is 1.23 bits per heavy atom. The van der Waals surface area contributed by atoms with Crippen LogP contribution >= 0.6 is 0 Å². The van der Waals surface area contributed by atoms with Crippen LogP contribution in [0.3, 0.4) is 0 Å². The van der Waals surface area contributed by atoms with Crippen molar-refractivity contribution in [1.82, 2.24) is 15.1 Å². The molecule has 1 saturated carbocycles. The third-order valence-electron chi connectivity index (χ3n) is 4.82. The fraction of sp³-hybridized carbons (Fsp3) is 0.421. The minimum absolute atomic E-state index is 0.0880. The zero-order valence-electron chi connectivity index (χ0n) is 14.7. The molecule has 1 aliphatic rings. The average molecular weight is 357 g/mol. The molecule has 1 aliphatic carbocycles. The number of aromatic nitrogens is 2. The monoisotopic (exact) mass is 357 g/mol. The minimum atomic E-state index is -0.805. The van der Waals surface area contributed by atoms with E-state index in [0.717, 1.165) is 30.0 Å². The number of carboxylic acid groups (broad SMARTS) is 1. The molecule has 138 valence electrons. The zero-order valence-corrected chi connectivity index (χ0v) is 14.7. The Kier molecular flexibility index (Phi) is 5.55. The normalized spacial score (nSPS) is 19.7. The molecule has 2 atom stereocenters. The summed E-state index contributed by atoms with van der Waals surface area (Å²) < 4.78 is 6.88. The Bertz CT molecular complexity index is 769. The maximum absolute atomic E-state index is 12.3. The molecule has 3 rings (SSSR count). The van der Waals surface area contributed by atoms with Crippen LogP contribution in [-0.4, -0.2) is 33.9 Å². The standard InChI is InChI=1S/C19H23N3O4/c1-26-17-7-5-16(6-8-17)22-10-9-15(21-22)12-20-18(23)13-3-2-4-14(11-13)19(24)25/h5-10,13-14H,2-4,11-12H2,1H3,(H,20,23)(H,24,25). The van der Waals surface area contributed by atoms with E-state index in [1.54, 1.807) is 11.8 Å². The Labute approximate surface area is 152 Å². The van der Waals surface area contributed by atoms with Gasteiger partial charge in [0.15, 0.2) is 0 Å². The van der Waals surface area contributed by atoms with Crippen LogP contribution in [0.25, 0.3) is 5.69 Å². The molecule has 1 fully saturated rings. The van der Waals surface area contributed by atoms with Gasteiger partial charge in [-0.05, 0) is 49.6 Å². The summed E-state index contributed by atoms with van der Waals surface area (Å²) in [6, 6.07) is 9.39. The number of rotatable bonds is 6. The molecule has 2 unspecified atom stereocenters. The Balaban J connectivity index is 1.55. The van der Waals surface area contributed by atoms with Gasteiger partial charge in [-0.25, -0.2) is 4.68 Å². The van der Waals surface area contributed by atoms with Crippen LogP contribution in [0, 0.1) is 11.8 Å². The van der Waals surface area contributed by atoms with Crippen molar-refractivity contribution in [3.63, 3.8) is 0 Å². The number of aliphatic carboxylic acids is 1. The number of amides is 1. The number of carbonyl (C=O) groups is 2. The molecule has 7 nitrogen and oxygen atoms in total. The number of carbonyl (C=O) groups excluding carboxylic acids is 1. The van der Waals surface area contributed by atoms with Crippen LogP contribution < -0.4 is 10.1 Å². The van der Waals surface area contributed by atoms with E-state index in [9.17, 15) is 9.59 Å². The van der Waals surface area contributed by atoms with Crippen molar-refractivity contribution in [2.45, 2.75) is 32.2 Å². The Morgan fingerprint density at radius 2 is 1.96 bits per heavy atom. The predicted molar refractivity (Wildman–Crippen MR) is 95.0 cm³/mol. The first-order chi connectivity index (χ1) is 12.6. The van der Waals surface area contributed by atoms with Crippen molar-refractivity contribution in [3.8, 4) is 11.4 Å². The molecule has 0 bridgehead atoms. The number of nitrogens with zero attached hydrogens (tertiary/aromatic N) is 2. The molecule has 1 aromatic carbocycles. The van der Waals surface area contributed by atoms with Gasteiger partial charge in [0.05, 0.1) is 31.0 Å². The molecule has 1 heterocycles. The first-order valence-electron chi connectivity index (χ1n) is 8.76. The van der Waals surface area contributed by atoms with Gasteiger partial charge in [0.2, 0.25) is 5.91 Å². The molecule has 0 radical (unpaired) electrons. The van der Waals surface area contributed by atoms with Gasteiger partial charge in [-0.2, -0.15) is 5.10 Å². The number of hydrogen-bond donors (Lipinski definition) is 2. The van der Waals surface area contributed by atoms with E-state index < -0.39 is 11.9 Å². The van der Waals surface area contributed by atoms with E-state index in [1.807, 2.05) is 36.5 Å². The number of carboxylic acids is 1. The van der Waals surface area contributed by atoms with Gasteiger partial charge < -0.3 is 15.2 Å². The Hall–Kier alpha value is -2.83. The topological polar surface area (TPSA) is 93.5 Å². The summed E-state index contributed by atoms with van der Waals surface area (Å²) in [6.45, 7) is 0.330. The fourth-order valence-corrected chi connectivity index (χ4v) is 3.31. The molecule has 2 N–H and O–H groups in total. The molecular formula is C19H23N3O4.